The maximum atomic E-state index is 13.4. The molecule has 8 heteroatoms. The zero-order chi connectivity index (χ0) is 30.0. The van der Waals surface area contributed by atoms with E-state index in [1.807, 2.05) is 71.6 Å². The van der Waals surface area contributed by atoms with Gasteiger partial charge in [-0.25, -0.2) is 4.79 Å². The number of hydrogen-bond donors (Lipinski definition) is 1. The third-order valence-electron chi connectivity index (χ3n) is 8.14. The van der Waals surface area contributed by atoms with Crippen LogP contribution >= 0.6 is 0 Å². The maximum absolute atomic E-state index is 13.4. The van der Waals surface area contributed by atoms with Crippen molar-refractivity contribution in [3.8, 4) is 17.6 Å². The van der Waals surface area contributed by atoms with Gasteiger partial charge in [0.2, 0.25) is 0 Å². The zero-order valence-corrected chi connectivity index (χ0v) is 24.4. The molecule has 1 N–H and O–H groups in total. The van der Waals surface area contributed by atoms with Crippen LogP contribution in [0.15, 0.2) is 78.9 Å². The van der Waals surface area contributed by atoms with E-state index in [2.05, 4.69) is 34.2 Å². The van der Waals surface area contributed by atoms with Crippen LogP contribution in [0.2, 0.25) is 0 Å². The van der Waals surface area contributed by atoms with E-state index in [1.54, 1.807) is 7.11 Å². The molecule has 3 aromatic carbocycles. The highest BCUT2D eigenvalue weighted by molar-refractivity contribution is 6.24. The Morgan fingerprint density at radius 3 is 2.33 bits per heavy atom. The van der Waals surface area contributed by atoms with E-state index in [4.69, 9.17) is 9.47 Å². The van der Waals surface area contributed by atoms with Crippen LogP contribution in [0.25, 0.3) is 0 Å². The minimum absolute atomic E-state index is 0.0818. The molecule has 0 aromatic heterocycles. The zero-order valence-electron chi connectivity index (χ0n) is 24.4. The molecule has 2 heterocycles. The van der Waals surface area contributed by atoms with E-state index >= 15 is 0 Å². The molecule has 43 heavy (non-hydrogen) atoms. The molecule has 0 spiro atoms. The number of urea groups is 1. The van der Waals surface area contributed by atoms with Gasteiger partial charge in [0.05, 0.1) is 20.3 Å². The van der Waals surface area contributed by atoms with Crippen molar-refractivity contribution in [2.75, 3.05) is 45.3 Å². The summed E-state index contributed by atoms with van der Waals surface area (Å²) in [5.74, 6) is 6.86. The fourth-order valence-electron chi connectivity index (χ4n) is 5.87. The Balaban J connectivity index is 1.32. The second-order valence-corrected chi connectivity index (χ2v) is 10.9. The van der Waals surface area contributed by atoms with Crippen LogP contribution < -0.4 is 10.1 Å². The van der Waals surface area contributed by atoms with Gasteiger partial charge >= 0.3 is 6.03 Å². The van der Waals surface area contributed by atoms with E-state index < -0.39 is 5.78 Å². The molecule has 3 aromatic rings. The van der Waals surface area contributed by atoms with Gasteiger partial charge in [0.1, 0.15) is 5.75 Å². The van der Waals surface area contributed by atoms with Gasteiger partial charge in [0.25, 0.3) is 0 Å². The van der Waals surface area contributed by atoms with E-state index in [9.17, 15) is 14.4 Å². The number of carbonyl (C=O) groups excluding carboxylic acids is 3. The summed E-state index contributed by atoms with van der Waals surface area (Å²) in [6.07, 6.45) is 2.29. The predicted octanol–water partition coefficient (Wildman–Crippen LogP) is 4.73. The highest BCUT2D eigenvalue weighted by Crippen LogP contribution is 2.42. The average Bonchev–Trinajstić information content (AvgIpc) is 3.03. The van der Waals surface area contributed by atoms with Gasteiger partial charge in [-0.05, 0) is 73.5 Å². The van der Waals surface area contributed by atoms with E-state index in [1.165, 1.54) is 5.56 Å². The second-order valence-electron chi connectivity index (χ2n) is 10.9. The first kappa shape index (κ1) is 30.0. The normalized spacial score (nSPS) is 19.8. The Morgan fingerprint density at radius 2 is 1.63 bits per heavy atom. The number of amides is 2. The molecule has 2 fully saturated rings. The number of hydrogen-bond acceptors (Lipinski definition) is 6. The molecule has 0 radical (unpaired) electrons. The Labute approximate surface area is 253 Å². The van der Waals surface area contributed by atoms with Crippen LogP contribution in [0.3, 0.4) is 0 Å². The summed E-state index contributed by atoms with van der Waals surface area (Å²) >= 11 is 0. The van der Waals surface area contributed by atoms with Crippen molar-refractivity contribution in [1.29, 1.82) is 0 Å². The van der Waals surface area contributed by atoms with Crippen molar-refractivity contribution in [2.45, 2.75) is 37.3 Å². The van der Waals surface area contributed by atoms with Crippen molar-refractivity contribution >= 4 is 23.8 Å². The van der Waals surface area contributed by atoms with Crippen LogP contribution in [0.5, 0.6) is 5.75 Å². The van der Waals surface area contributed by atoms with Crippen molar-refractivity contribution in [3.05, 3.63) is 95.6 Å². The average molecular weight is 580 g/mol. The first-order valence-corrected chi connectivity index (χ1v) is 14.7. The highest BCUT2D eigenvalue weighted by Gasteiger charge is 2.50. The molecular weight excluding hydrogens is 542 g/mol. The third kappa shape index (κ3) is 7.69. The number of carbonyl (C=O) groups is 3. The Morgan fingerprint density at radius 1 is 0.930 bits per heavy atom. The molecule has 0 unspecified atom stereocenters. The molecule has 5 rings (SSSR count). The van der Waals surface area contributed by atoms with Gasteiger partial charge < -0.3 is 19.7 Å². The lowest BCUT2D eigenvalue weighted by Gasteiger charge is -2.57. The summed E-state index contributed by atoms with van der Waals surface area (Å²) < 4.78 is 11.2. The summed E-state index contributed by atoms with van der Waals surface area (Å²) in [6, 6.07) is 25.7. The van der Waals surface area contributed by atoms with Crippen LogP contribution in [-0.2, 0) is 14.3 Å². The van der Waals surface area contributed by atoms with E-state index in [0.29, 0.717) is 26.0 Å². The number of aldehydes is 1. The summed E-state index contributed by atoms with van der Waals surface area (Å²) in [6.45, 7) is 2.84. The van der Waals surface area contributed by atoms with Gasteiger partial charge in [-0.3, -0.25) is 14.5 Å². The fraction of sp³-hybridized carbons (Fsp3) is 0.343. The molecule has 2 aliphatic rings. The van der Waals surface area contributed by atoms with Gasteiger partial charge in [0.15, 0.2) is 12.1 Å². The molecule has 8 nitrogen and oxygen atoms in total. The quantitative estimate of drug-likeness (QED) is 0.171. The number of benzene rings is 3. The SMILES string of the molecule is COc1ccc(NC(=O)N2CCCCN3[C@H](COCCC(=O)C=O)[C@H](c4ccc(C#Cc5ccccc5)cc4)[C@@H]3C2)cc1. The number of anilines is 1. The number of fused-ring (bicyclic) bond motifs is 1. The lowest BCUT2D eigenvalue weighted by molar-refractivity contribution is -0.131. The van der Waals surface area contributed by atoms with Gasteiger partial charge in [-0.2, -0.15) is 0 Å². The van der Waals surface area contributed by atoms with Crippen LogP contribution in [0.1, 0.15) is 41.9 Å². The fourth-order valence-corrected chi connectivity index (χ4v) is 5.87. The molecule has 0 bridgehead atoms. The summed E-state index contributed by atoms with van der Waals surface area (Å²) in [5, 5.41) is 3.04. The van der Waals surface area contributed by atoms with Crippen LogP contribution in [0, 0.1) is 11.8 Å². The summed E-state index contributed by atoms with van der Waals surface area (Å²) in [5.41, 5.74) is 3.79. The molecule has 0 aliphatic carbocycles. The number of nitrogens with one attached hydrogen (secondary N) is 1. The summed E-state index contributed by atoms with van der Waals surface area (Å²) in [4.78, 5) is 39.9. The topological polar surface area (TPSA) is 88.2 Å². The monoisotopic (exact) mass is 579 g/mol. The van der Waals surface area contributed by atoms with Gasteiger partial charge in [0, 0.05) is 54.3 Å². The smallest absolute Gasteiger partial charge is 0.321 e. The molecule has 2 saturated heterocycles. The minimum Gasteiger partial charge on any atom is -0.497 e. The van der Waals surface area contributed by atoms with Crippen LogP contribution in [0.4, 0.5) is 10.5 Å². The first-order chi connectivity index (χ1) is 21.1. The molecule has 3 atom stereocenters. The molecule has 2 aliphatic heterocycles. The van der Waals surface area contributed by atoms with Crippen molar-refractivity contribution < 1.29 is 23.9 Å². The third-order valence-corrected chi connectivity index (χ3v) is 8.14. The standard InChI is InChI=1S/C35H37N3O5/c1-42-31-17-15-29(16-18-31)36-35(41)37-20-5-6-21-38-32(23-37)34(33(38)25-43-22-19-30(40)24-39)28-13-11-27(12-14-28)10-9-26-7-3-2-4-8-26/h2-4,7-8,11-18,24,32-34H,5-6,19-23,25H2,1H3,(H,36,41)/t32-,33+,34+/m0/s1. The number of ether oxygens (including phenoxy) is 2. The van der Waals surface area contributed by atoms with Crippen molar-refractivity contribution in [2.24, 2.45) is 0 Å². The maximum Gasteiger partial charge on any atom is 0.321 e. The van der Waals surface area contributed by atoms with Gasteiger partial charge in [-0.15, -0.1) is 0 Å². The minimum atomic E-state index is -0.458. The van der Waals surface area contributed by atoms with Crippen molar-refractivity contribution in [1.82, 2.24) is 9.80 Å². The molecule has 0 saturated carbocycles. The highest BCUT2D eigenvalue weighted by atomic mass is 16.5. The van der Waals surface area contributed by atoms with Gasteiger partial charge in [-0.1, -0.05) is 42.2 Å². The van der Waals surface area contributed by atoms with Crippen LogP contribution in [-0.4, -0.2) is 79.9 Å². The molecule has 222 valence electrons. The lowest BCUT2D eigenvalue weighted by atomic mass is 9.74. The van der Waals surface area contributed by atoms with Crippen molar-refractivity contribution in [3.63, 3.8) is 0 Å². The predicted molar refractivity (Wildman–Crippen MR) is 165 cm³/mol. The summed E-state index contributed by atoms with van der Waals surface area (Å²) in [7, 11) is 1.61. The number of nitrogens with zero attached hydrogens (tertiary/aromatic N) is 2. The largest absolute Gasteiger partial charge is 0.497 e. The Kier molecular flexibility index (Phi) is 10.2. The number of Topliss-reactive ketones (excluding diaryl/α,β-unsaturated/α-hetero) is 1. The second kappa shape index (κ2) is 14.6. The molecular formula is C35H37N3O5. The Bertz CT molecular complexity index is 1450. The Hall–Kier alpha value is -4.45. The molecule has 2 amide bonds. The number of ketones is 1. The lowest BCUT2D eigenvalue weighted by Crippen LogP contribution is -2.68. The van der Waals surface area contributed by atoms with E-state index in [0.717, 1.165) is 42.0 Å². The van der Waals surface area contributed by atoms with E-state index in [-0.39, 0.29) is 37.1 Å². The number of rotatable bonds is 9. The number of methoxy groups -OCH3 is 1. The first-order valence-electron chi connectivity index (χ1n) is 14.7.